The predicted octanol–water partition coefficient (Wildman–Crippen LogP) is 8.88. The van der Waals surface area contributed by atoms with E-state index in [9.17, 15) is 29.5 Å². The van der Waals surface area contributed by atoms with Crippen LogP contribution >= 0.6 is 22.9 Å². The number of unbranched alkanes of at least 4 members (excludes halogenated alkanes) is 3. The van der Waals surface area contributed by atoms with E-state index in [1.54, 1.807) is 29.5 Å². The molecule has 2 heterocycles. The predicted molar refractivity (Wildman–Crippen MR) is 257 cm³/mol. The molecule has 0 bridgehead atoms. The number of likely N-dealkylation sites (tertiary alicyclic amines) is 1. The van der Waals surface area contributed by atoms with Crippen LogP contribution < -0.4 is 15.4 Å². The Morgan fingerprint density at radius 2 is 1.65 bits per heavy atom. The zero-order valence-electron chi connectivity index (χ0n) is 39.2. The lowest BCUT2D eigenvalue weighted by Gasteiger charge is -2.63. The number of nitrogens with zero attached hydrogens (tertiary/aromatic N) is 3. The second-order valence-electron chi connectivity index (χ2n) is 19.4. The monoisotopic (exact) mass is 937 g/mol. The number of nitrogens with one attached hydrogen (secondary N) is 2. The Balaban J connectivity index is 0.864. The van der Waals surface area contributed by atoms with Crippen LogP contribution in [0.2, 0.25) is 5.02 Å². The third kappa shape index (κ3) is 12.1. The Morgan fingerprint density at radius 1 is 0.970 bits per heavy atom. The Hall–Kier alpha value is -5.13. The molecule has 4 aromatic rings. The molecule has 1 saturated carbocycles. The number of hydrogen-bond donors (Lipinski definition) is 3. The van der Waals surface area contributed by atoms with Gasteiger partial charge in [0.1, 0.15) is 36.6 Å². The summed E-state index contributed by atoms with van der Waals surface area (Å²) in [5.41, 5.74) is 6.52. The van der Waals surface area contributed by atoms with Crippen molar-refractivity contribution >= 4 is 46.4 Å². The second kappa shape index (κ2) is 22.1. The molecule has 3 aromatic carbocycles. The third-order valence-corrected chi connectivity index (χ3v) is 14.7. The van der Waals surface area contributed by atoms with E-state index in [0.29, 0.717) is 34.9 Å². The zero-order chi connectivity index (χ0) is 47.8. The molecule has 2 aliphatic rings. The molecule has 352 valence electrons. The quantitative estimate of drug-likeness (QED) is 0.0545. The molecular weight excluding hydrogens is 874 g/mol. The van der Waals surface area contributed by atoms with Crippen LogP contribution in [0, 0.1) is 40.9 Å². The maximum absolute atomic E-state index is 13.8. The molecule has 14 heteroatoms. The minimum atomic E-state index is -0.880. The number of rotatable bonds is 21. The van der Waals surface area contributed by atoms with E-state index in [4.69, 9.17) is 21.1 Å². The van der Waals surface area contributed by atoms with Crippen LogP contribution in [-0.2, 0) is 32.1 Å². The van der Waals surface area contributed by atoms with Crippen molar-refractivity contribution in [1.82, 2.24) is 20.5 Å². The van der Waals surface area contributed by atoms with Crippen molar-refractivity contribution in [3.05, 3.63) is 105 Å². The maximum Gasteiger partial charge on any atom is 0.246 e. The topological polar surface area (TPSA) is 171 Å². The lowest BCUT2D eigenvalue weighted by Crippen LogP contribution is -2.66. The van der Waals surface area contributed by atoms with Crippen LogP contribution in [-0.4, -0.2) is 82.5 Å². The first-order valence-electron chi connectivity index (χ1n) is 23.0. The normalized spacial score (nSPS) is 20.0. The first-order chi connectivity index (χ1) is 31.4. The summed E-state index contributed by atoms with van der Waals surface area (Å²) in [5, 5.41) is 25.8. The summed E-state index contributed by atoms with van der Waals surface area (Å²) < 4.78 is 12.1. The second-order valence-corrected chi connectivity index (χ2v) is 20.6. The van der Waals surface area contributed by atoms with Crippen molar-refractivity contribution in [2.75, 3.05) is 19.8 Å². The molecule has 3 amide bonds. The van der Waals surface area contributed by atoms with Gasteiger partial charge in [-0.2, -0.15) is 5.26 Å². The highest BCUT2D eigenvalue weighted by Crippen LogP contribution is 2.61. The van der Waals surface area contributed by atoms with Crippen molar-refractivity contribution in [2.45, 2.75) is 124 Å². The average molecular weight is 939 g/mol. The number of β-amino-alcohol motifs (C(OH)–C–C–N with tert-alkyl or cyclic N) is 1. The van der Waals surface area contributed by atoms with E-state index in [2.05, 4.69) is 49.4 Å². The number of carbonyl (C=O) groups is 4. The van der Waals surface area contributed by atoms with Gasteiger partial charge in [0.15, 0.2) is 5.78 Å². The van der Waals surface area contributed by atoms with Gasteiger partial charge < -0.3 is 30.1 Å². The Bertz CT molecular complexity index is 2360. The molecule has 3 N–H and O–H groups in total. The highest BCUT2D eigenvalue weighted by Gasteiger charge is 2.63. The van der Waals surface area contributed by atoms with Crippen LogP contribution in [0.25, 0.3) is 10.4 Å². The van der Waals surface area contributed by atoms with Gasteiger partial charge in [-0.3, -0.25) is 19.2 Å². The Morgan fingerprint density at radius 3 is 2.29 bits per heavy atom. The summed E-state index contributed by atoms with van der Waals surface area (Å²) in [4.78, 5) is 60.4. The van der Waals surface area contributed by atoms with Gasteiger partial charge in [-0.1, -0.05) is 115 Å². The van der Waals surface area contributed by atoms with Gasteiger partial charge in [0.2, 0.25) is 17.7 Å². The Labute approximate surface area is 398 Å². The molecule has 1 aromatic heterocycles. The lowest BCUT2D eigenvalue weighted by atomic mass is 9.44. The number of Topliss-reactive ketones (excluding diaryl/α,β-unsaturated/α-hetero) is 1. The van der Waals surface area contributed by atoms with Crippen molar-refractivity contribution in [1.29, 1.82) is 5.26 Å². The number of aromatic nitrogens is 1. The molecule has 66 heavy (non-hydrogen) atoms. The first kappa shape index (κ1) is 50.3. The van der Waals surface area contributed by atoms with E-state index < -0.39 is 30.0 Å². The fraction of sp³-hybridized carbons (Fsp3) is 0.500. The highest BCUT2D eigenvalue weighted by molar-refractivity contribution is 7.13. The van der Waals surface area contributed by atoms with Gasteiger partial charge in [-0.05, 0) is 66.8 Å². The van der Waals surface area contributed by atoms with Crippen LogP contribution in [0.5, 0.6) is 5.75 Å². The van der Waals surface area contributed by atoms with E-state index >= 15 is 0 Å². The number of amides is 3. The molecule has 0 unspecified atom stereocenters. The molecule has 1 aliphatic heterocycles. The highest BCUT2D eigenvalue weighted by atomic mass is 35.5. The van der Waals surface area contributed by atoms with Crippen molar-refractivity contribution in [2.24, 2.45) is 22.7 Å². The van der Waals surface area contributed by atoms with E-state index in [1.165, 1.54) is 10.5 Å². The largest absolute Gasteiger partial charge is 0.489 e. The van der Waals surface area contributed by atoms with Gasteiger partial charge in [0.05, 0.1) is 32.8 Å². The summed E-state index contributed by atoms with van der Waals surface area (Å²) in [6, 6.07) is 21.3. The molecule has 1 saturated heterocycles. The fourth-order valence-corrected chi connectivity index (χ4v) is 10.9. The number of benzene rings is 3. The summed E-state index contributed by atoms with van der Waals surface area (Å²) in [7, 11) is 0. The van der Waals surface area contributed by atoms with Gasteiger partial charge in [-0.15, -0.1) is 11.3 Å². The van der Waals surface area contributed by atoms with E-state index in [0.717, 1.165) is 53.8 Å². The number of aryl methyl sites for hydroxylation is 2. The van der Waals surface area contributed by atoms with Crippen molar-refractivity contribution < 1.29 is 33.8 Å². The zero-order valence-corrected chi connectivity index (χ0v) is 40.8. The van der Waals surface area contributed by atoms with Crippen LogP contribution in [0.3, 0.4) is 0 Å². The number of hydrogen-bond acceptors (Lipinski definition) is 10. The molecule has 12 nitrogen and oxygen atoms in total. The van der Waals surface area contributed by atoms with Crippen LogP contribution in [0.4, 0.5) is 0 Å². The number of aliphatic hydroxyl groups excluding tert-OH is 1. The van der Waals surface area contributed by atoms with Crippen LogP contribution in [0.1, 0.15) is 113 Å². The molecule has 2 fully saturated rings. The van der Waals surface area contributed by atoms with E-state index in [1.807, 2.05) is 74.8 Å². The minimum Gasteiger partial charge on any atom is -0.489 e. The van der Waals surface area contributed by atoms with E-state index in [-0.39, 0.29) is 66.6 Å². The van der Waals surface area contributed by atoms with Crippen LogP contribution in [0.15, 0.2) is 72.2 Å². The first-order valence-corrected chi connectivity index (χ1v) is 24.3. The maximum atomic E-state index is 13.8. The minimum absolute atomic E-state index is 0.0102. The van der Waals surface area contributed by atoms with Gasteiger partial charge in [0, 0.05) is 55.0 Å². The number of carbonyl (C=O) groups excluding carboxylic acids is 4. The summed E-state index contributed by atoms with van der Waals surface area (Å²) in [6.45, 7) is 14.7. The smallest absolute Gasteiger partial charge is 0.246 e. The lowest BCUT2D eigenvalue weighted by molar-refractivity contribution is -0.196. The molecule has 3 atom stereocenters. The van der Waals surface area contributed by atoms with Crippen molar-refractivity contribution in [3.8, 4) is 22.3 Å². The number of ketones is 1. The molecular formula is C52H64ClN5O7S. The van der Waals surface area contributed by atoms with Crippen molar-refractivity contribution in [3.63, 3.8) is 0 Å². The summed E-state index contributed by atoms with van der Waals surface area (Å²) in [5.74, 6) is -0.589. The Kier molecular flexibility index (Phi) is 16.8. The summed E-state index contributed by atoms with van der Waals surface area (Å²) >= 11 is 7.83. The number of nitriles is 1. The van der Waals surface area contributed by atoms with Gasteiger partial charge in [-0.25, -0.2) is 4.98 Å². The molecule has 0 radical (unpaired) electrons. The fourth-order valence-electron chi connectivity index (χ4n) is 9.90. The molecule has 1 aliphatic carbocycles. The number of thiazole rings is 1. The SMILES string of the molecule is Cc1ncsc1-c1ccc(CNC(=O)[C@@H]2C[C@@H](O)CN2C(=O)[C@@H](NC(=O)COCCCCCCc2ccc(C(=O)CC3C(C)(C)C(Oc4ccc(C#N)c(Cl)c4)C3(C)C)cc2)C(C)C)cc1. The molecule has 0 spiro atoms. The third-order valence-electron chi connectivity index (χ3n) is 13.4. The average Bonchev–Trinajstić information content (AvgIpc) is 3.91. The van der Waals surface area contributed by atoms with Gasteiger partial charge >= 0.3 is 0 Å². The number of halogens is 1. The molecule has 6 rings (SSSR count). The standard InChI is InChI=1S/C52H64ClN5O7S/c1-32(2)46(49(63)58-29-39(59)24-42(58)48(62)55-28-35-15-19-37(20-16-35)47-33(3)56-31-66-47)57-45(61)30-64-23-11-9-8-10-12-34-13-17-36(18-14-34)43(60)26-44-51(4,5)50(52(44,6)7)65-40-22-21-38(27-54)41(53)25-40/h13-22,25,31-32,39,42,44,46,50,59H,8-12,23-24,26,28-30H2,1-7H3,(H,55,62)(H,57,61)/t39-,42+,44?,46+,50?/m1/s1. The van der Waals surface area contributed by atoms with Gasteiger partial charge in [0.25, 0.3) is 0 Å². The number of aliphatic hydroxyl groups is 1. The summed E-state index contributed by atoms with van der Waals surface area (Å²) in [6.07, 6.45) is 4.13. The number of ether oxygens (including phenoxy) is 2.